The van der Waals surface area contributed by atoms with Gasteiger partial charge in [-0.05, 0) is 24.4 Å². The molecule has 1 aromatic heterocycles. The van der Waals surface area contributed by atoms with Gasteiger partial charge in [0, 0.05) is 24.5 Å². The Kier molecular flexibility index (Phi) is 3.53. The smallest absolute Gasteiger partial charge is 0.242 e. The number of H-pyrrole nitrogens is 1. The molecule has 1 saturated carbocycles. The molecule has 0 spiro atoms. The Balaban J connectivity index is 2.03. The van der Waals surface area contributed by atoms with Crippen molar-refractivity contribution in [1.29, 1.82) is 0 Å². The zero-order valence-corrected chi connectivity index (χ0v) is 11.9. The molecule has 18 heavy (non-hydrogen) atoms. The van der Waals surface area contributed by atoms with Gasteiger partial charge in [0.05, 0.1) is 4.90 Å². The SMILES string of the molecule is CCNCc1cc(S(=O)(=O)NC2CC2(C)C)c[nH]1. The molecule has 1 heterocycles. The van der Waals surface area contributed by atoms with Gasteiger partial charge in [-0.15, -0.1) is 0 Å². The lowest BCUT2D eigenvalue weighted by Gasteiger charge is -2.06. The number of aromatic amines is 1. The Morgan fingerprint density at radius 2 is 2.17 bits per heavy atom. The normalized spacial score (nSPS) is 22.1. The third-order valence-electron chi connectivity index (χ3n) is 3.40. The molecule has 0 saturated heterocycles. The van der Waals surface area contributed by atoms with Crippen LogP contribution >= 0.6 is 0 Å². The van der Waals surface area contributed by atoms with Crippen molar-refractivity contribution in [1.82, 2.24) is 15.0 Å². The molecule has 1 aliphatic carbocycles. The van der Waals surface area contributed by atoms with Crippen molar-refractivity contribution < 1.29 is 8.42 Å². The van der Waals surface area contributed by atoms with Crippen molar-refractivity contribution in [2.75, 3.05) is 6.54 Å². The predicted molar refractivity (Wildman–Crippen MR) is 70.7 cm³/mol. The Hall–Kier alpha value is -0.850. The van der Waals surface area contributed by atoms with Crippen molar-refractivity contribution >= 4 is 10.0 Å². The van der Waals surface area contributed by atoms with E-state index in [2.05, 4.69) is 28.9 Å². The average Bonchev–Trinajstić information content (AvgIpc) is 2.71. The van der Waals surface area contributed by atoms with Crippen LogP contribution in [0.15, 0.2) is 17.2 Å². The van der Waals surface area contributed by atoms with Crippen LogP contribution in [-0.2, 0) is 16.6 Å². The highest BCUT2D eigenvalue weighted by atomic mass is 32.2. The van der Waals surface area contributed by atoms with E-state index in [1.165, 1.54) is 0 Å². The van der Waals surface area contributed by atoms with Gasteiger partial charge in [0.15, 0.2) is 0 Å². The molecular formula is C12H21N3O2S. The van der Waals surface area contributed by atoms with Gasteiger partial charge in [-0.3, -0.25) is 0 Å². The summed E-state index contributed by atoms with van der Waals surface area (Å²) in [6.07, 6.45) is 2.45. The topological polar surface area (TPSA) is 74.0 Å². The molecule has 1 unspecified atom stereocenters. The van der Waals surface area contributed by atoms with Crippen molar-refractivity contribution in [2.45, 2.75) is 44.7 Å². The standard InChI is InChI=1S/C12H21N3O2S/c1-4-13-7-9-5-10(8-14-9)18(16,17)15-11-6-12(11,2)3/h5,8,11,13-15H,4,6-7H2,1-3H3. The van der Waals surface area contributed by atoms with Crippen LogP contribution in [0.25, 0.3) is 0 Å². The summed E-state index contributed by atoms with van der Waals surface area (Å²) >= 11 is 0. The lowest BCUT2D eigenvalue weighted by atomic mass is 10.2. The Labute approximate surface area is 108 Å². The molecule has 1 fully saturated rings. The van der Waals surface area contributed by atoms with Gasteiger partial charge in [-0.2, -0.15) is 0 Å². The van der Waals surface area contributed by atoms with E-state index in [1.54, 1.807) is 12.3 Å². The minimum atomic E-state index is -3.38. The van der Waals surface area contributed by atoms with Crippen molar-refractivity contribution in [2.24, 2.45) is 5.41 Å². The number of aromatic nitrogens is 1. The fourth-order valence-electron chi connectivity index (χ4n) is 1.86. The van der Waals surface area contributed by atoms with Gasteiger partial charge in [0.2, 0.25) is 10.0 Å². The lowest BCUT2D eigenvalue weighted by molar-refractivity contribution is 0.555. The molecule has 2 rings (SSSR count). The van der Waals surface area contributed by atoms with Crippen LogP contribution in [0.4, 0.5) is 0 Å². The van der Waals surface area contributed by atoms with Gasteiger partial charge in [0.1, 0.15) is 0 Å². The molecule has 0 aromatic carbocycles. The molecular weight excluding hydrogens is 250 g/mol. The quantitative estimate of drug-likeness (QED) is 0.728. The second kappa shape index (κ2) is 4.68. The summed E-state index contributed by atoms with van der Waals surface area (Å²) in [5, 5.41) is 3.15. The fourth-order valence-corrected chi connectivity index (χ4v) is 3.28. The Morgan fingerprint density at radius 3 is 2.72 bits per heavy atom. The first kappa shape index (κ1) is 13.6. The zero-order valence-electron chi connectivity index (χ0n) is 11.1. The van der Waals surface area contributed by atoms with Gasteiger partial charge >= 0.3 is 0 Å². The molecule has 102 valence electrons. The highest BCUT2D eigenvalue weighted by Gasteiger charge is 2.47. The summed E-state index contributed by atoms with van der Waals surface area (Å²) in [6.45, 7) is 7.65. The van der Waals surface area contributed by atoms with Gasteiger partial charge in [-0.25, -0.2) is 13.1 Å². The van der Waals surface area contributed by atoms with E-state index in [0.717, 1.165) is 18.7 Å². The van der Waals surface area contributed by atoms with Crippen LogP contribution in [0.5, 0.6) is 0 Å². The van der Waals surface area contributed by atoms with E-state index < -0.39 is 10.0 Å². The van der Waals surface area contributed by atoms with Crippen LogP contribution in [-0.4, -0.2) is 26.0 Å². The third-order valence-corrected chi connectivity index (χ3v) is 4.85. The van der Waals surface area contributed by atoms with Crippen molar-refractivity contribution in [3.05, 3.63) is 18.0 Å². The minimum Gasteiger partial charge on any atom is -0.363 e. The molecule has 0 radical (unpaired) electrons. The van der Waals surface area contributed by atoms with Crippen LogP contribution in [0.3, 0.4) is 0 Å². The third kappa shape index (κ3) is 2.93. The zero-order chi connectivity index (χ0) is 13.4. The summed E-state index contributed by atoms with van der Waals surface area (Å²) in [7, 11) is -3.38. The largest absolute Gasteiger partial charge is 0.363 e. The molecule has 0 aliphatic heterocycles. The first-order valence-electron chi connectivity index (χ1n) is 6.25. The van der Waals surface area contributed by atoms with E-state index in [-0.39, 0.29) is 11.5 Å². The second-order valence-electron chi connectivity index (χ2n) is 5.51. The monoisotopic (exact) mass is 271 g/mol. The Morgan fingerprint density at radius 1 is 1.50 bits per heavy atom. The first-order valence-corrected chi connectivity index (χ1v) is 7.74. The first-order chi connectivity index (χ1) is 8.35. The van der Waals surface area contributed by atoms with Crippen molar-refractivity contribution in [3.8, 4) is 0 Å². The Bertz CT molecular complexity index is 519. The molecule has 5 nitrogen and oxygen atoms in total. The van der Waals surface area contributed by atoms with Crippen LogP contribution in [0, 0.1) is 5.41 Å². The number of hydrogen-bond acceptors (Lipinski definition) is 3. The van der Waals surface area contributed by atoms with Gasteiger partial charge < -0.3 is 10.3 Å². The summed E-state index contributed by atoms with van der Waals surface area (Å²) in [6, 6.07) is 1.75. The van der Waals surface area contributed by atoms with Crippen LogP contribution < -0.4 is 10.0 Å². The summed E-state index contributed by atoms with van der Waals surface area (Å²) < 4.78 is 26.9. The molecule has 0 bridgehead atoms. The van der Waals surface area contributed by atoms with E-state index in [4.69, 9.17) is 0 Å². The average molecular weight is 271 g/mol. The van der Waals surface area contributed by atoms with E-state index in [9.17, 15) is 8.42 Å². The van der Waals surface area contributed by atoms with Gasteiger partial charge in [0.25, 0.3) is 0 Å². The van der Waals surface area contributed by atoms with E-state index in [0.29, 0.717) is 11.4 Å². The minimum absolute atomic E-state index is 0.0645. The summed E-state index contributed by atoms with van der Waals surface area (Å²) in [5.41, 5.74) is 0.975. The van der Waals surface area contributed by atoms with Crippen LogP contribution in [0.1, 0.15) is 32.9 Å². The predicted octanol–water partition coefficient (Wildman–Crippen LogP) is 1.20. The van der Waals surface area contributed by atoms with Gasteiger partial charge in [-0.1, -0.05) is 20.8 Å². The fraction of sp³-hybridized carbons (Fsp3) is 0.667. The molecule has 1 atom stereocenters. The highest BCUT2D eigenvalue weighted by molar-refractivity contribution is 7.89. The summed E-state index contributed by atoms with van der Waals surface area (Å²) in [4.78, 5) is 3.30. The number of hydrogen-bond donors (Lipinski definition) is 3. The molecule has 3 N–H and O–H groups in total. The number of sulfonamides is 1. The number of nitrogens with one attached hydrogen (secondary N) is 3. The number of rotatable bonds is 6. The maximum atomic E-state index is 12.1. The second-order valence-corrected chi connectivity index (χ2v) is 7.22. The molecule has 1 aliphatic rings. The van der Waals surface area contributed by atoms with Crippen molar-refractivity contribution in [3.63, 3.8) is 0 Å². The van der Waals surface area contributed by atoms with E-state index in [1.807, 2.05) is 6.92 Å². The lowest BCUT2D eigenvalue weighted by Crippen LogP contribution is -2.28. The van der Waals surface area contributed by atoms with Crippen LogP contribution in [0.2, 0.25) is 0 Å². The van der Waals surface area contributed by atoms with E-state index >= 15 is 0 Å². The maximum absolute atomic E-state index is 12.1. The summed E-state index contributed by atoms with van der Waals surface area (Å²) in [5.74, 6) is 0. The molecule has 6 heteroatoms. The highest BCUT2D eigenvalue weighted by Crippen LogP contribution is 2.45. The molecule has 1 aromatic rings. The maximum Gasteiger partial charge on any atom is 0.242 e. The molecule has 0 amide bonds.